The van der Waals surface area contributed by atoms with Gasteiger partial charge in [-0.25, -0.2) is 24.3 Å². The van der Waals surface area contributed by atoms with Crippen molar-refractivity contribution >= 4 is 11.2 Å². The molecule has 0 saturated carbocycles. The van der Waals surface area contributed by atoms with Crippen LogP contribution in [-0.4, -0.2) is 19.9 Å². The first-order chi connectivity index (χ1) is 9.56. The van der Waals surface area contributed by atoms with Crippen LogP contribution in [0, 0.1) is 26.6 Å². The molecule has 0 unspecified atom stereocenters. The zero-order valence-electron chi connectivity index (χ0n) is 11.5. The first-order valence-electron chi connectivity index (χ1n) is 6.29. The fourth-order valence-corrected chi connectivity index (χ4v) is 2.05. The number of benzene rings is 1. The lowest BCUT2D eigenvalue weighted by atomic mass is 10.1. The number of rotatable bonds is 1. The third-order valence-corrected chi connectivity index (χ3v) is 3.26. The van der Waals surface area contributed by atoms with Gasteiger partial charge in [0.2, 0.25) is 0 Å². The molecule has 0 radical (unpaired) electrons. The second-order valence-electron chi connectivity index (χ2n) is 4.77. The van der Waals surface area contributed by atoms with E-state index in [1.54, 1.807) is 6.07 Å². The number of fused-ring (bicyclic) bond motifs is 1. The lowest BCUT2D eigenvalue weighted by Crippen LogP contribution is -2.00. The second kappa shape index (κ2) is 4.59. The molecule has 0 aliphatic heterocycles. The van der Waals surface area contributed by atoms with Crippen molar-refractivity contribution in [2.24, 2.45) is 0 Å². The molecule has 2 heterocycles. The van der Waals surface area contributed by atoms with E-state index in [0.717, 1.165) is 17.0 Å². The van der Waals surface area contributed by atoms with Gasteiger partial charge in [0.1, 0.15) is 23.4 Å². The molecule has 0 fully saturated rings. The minimum absolute atomic E-state index is 0.315. The maximum atomic E-state index is 14.1. The van der Waals surface area contributed by atoms with Gasteiger partial charge >= 0.3 is 0 Å². The average Bonchev–Trinajstić information content (AvgIpc) is 2.40. The molecule has 2 aromatic heterocycles. The third-order valence-electron chi connectivity index (χ3n) is 3.26. The molecule has 0 spiro atoms. The first-order valence-corrected chi connectivity index (χ1v) is 6.29. The Balaban J connectivity index is 2.33. The minimum Gasteiger partial charge on any atom is -0.246 e. The topological polar surface area (TPSA) is 51.6 Å². The van der Waals surface area contributed by atoms with Crippen molar-refractivity contribution < 1.29 is 4.39 Å². The summed E-state index contributed by atoms with van der Waals surface area (Å²) in [7, 11) is 0. The van der Waals surface area contributed by atoms with Crippen LogP contribution in [0.15, 0.2) is 24.5 Å². The normalized spacial score (nSPS) is 11.0. The van der Waals surface area contributed by atoms with E-state index in [1.807, 2.05) is 26.8 Å². The van der Waals surface area contributed by atoms with Gasteiger partial charge in [-0.2, -0.15) is 0 Å². The molecule has 0 amide bonds. The molecule has 1 aromatic carbocycles. The highest BCUT2D eigenvalue weighted by Crippen LogP contribution is 2.26. The van der Waals surface area contributed by atoms with Crippen LogP contribution in [0.1, 0.15) is 17.0 Å². The predicted octanol–water partition coefficient (Wildman–Crippen LogP) is 3.15. The monoisotopic (exact) mass is 268 g/mol. The van der Waals surface area contributed by atoms with Crippen LogP contribution in [0.3, 0.4) is 0 Å². The molecule has 100 valence electrons. The number of halogens is 1. The molecule has 3 aromatic rings. The Morgan fingerprint density at radius 2 is 1.70 bits per heavy atom. The Bertz CT molecular complexity index is 814. The second-order valence-corrected chi connectivity index (χ2v) is 4.77. The zero-order chi connectivity index (χ0) is 14.3. The van der Waals surface area contributed by atoms with E-state index in [1.165, 1.54) is 12.4 Å². The third kappa shape index (κ3) is 2.01. The smallest absolute Gasteiger partial charge is 0.182 e. The first kappa shape index (κ1) is 12.6. The minimum atomic E-state index is -0.315. The average molecular weight is 268 g/mol. The van der Waals surface area contributed by atoms with Gasteiger partial charge in [0.05, 0.1) is 11.4 Å². The summed E-state index contributed by atoms with van der Waals surface area (Å²) < 4.78 is 14.1. The van der Waals surface area contributed by atoms with E-state index < -0.39 is 0 Å². The van der Waals surface area contributed by atoms with E-state index in [9.17, 15) is 4.39 Å². The van der Waals surface area contributed by atoms with Gasteiger partial charge in [0.15, 0.2) is 5.65 Å². The highest BCUT2D eigenvalue weighted by Gasteiger charge is 2.14. The van der Waals surface area contributed by atoms with Crippen molar-refractivity contribution in [3.05, 3.63) is 47.3 Å². The van der Waals surface area contributed by atoms with Crippen LogP contribution in [0.4, 0.5) is 4.39 Å². The molecular formula is C15H13FN4. The van der Waals surface area contributed by atoms with Crippen LogP contribution < -0.4 is 0 Å². The van der Waals surface area contributed by atoms with Crippen molar-refractivity contribution in [3.63, 3.8) is 0 Å². The van der Waals surface area contributed by atoms with Crippen LogP contribution in [0.5, 0.6) is 0 Å². The van der Waals surface area contributed by atoms with Gasteiger partial charge in [0, 0.05) is 5.56 Å². The van der Waals surface area contributed by atoms with Gasteiger partial charge in [0.25, 0.3) is 0 Å². The molecule has 0 bridgehead atoms. The summed E-state index contributed by atoms with van der Waals surface area (Å²) in [6.07, 6.45) is 1.39. The van der Waals surface area contributed by atoms with Gasteiger partial charge < -0.3 is 0 Å². The fourth-order valence-electron chi connectivity index (χ4n) is 2.05. The summed E-state index contributed by atoms with van der Waals surface area (Å²) in [6, 6.07) is 5.04. The Kier molecular flexibility index (Phi) is 2.89. The van der Waals surface area contributed by atoms with Crippen molar-refractivity contribution in [1.29, 1.82) is 0 Å². The number of aryl methyl sites for hydroxylation is 3. The summed E-state index contributed by atoms with van der Waals surface area (Å²) >= 11 is 0. The number of nitrogens with zero attached hydrogens (tertiary/aromatic N) is 4. The van der Waals surface area contributed by atoms with E-state index in [4.69, 9.17) is 0 Å². The largest absolute Gasteiger partial charge is 0.246 e. The lowest BCUT2D eigenvalue weighted by Gasteiger charge is -2.07. The van der Waals surface area contributed by atoms with Crippen molar-refractivity contribution in [3.8, 4) is 11.3 Å². The molecule has 0 atom stereocenters. The fraction of sp³-hybridized carbons (Fsp3) is 0.200. The number of hydrogen-bond acceptors (Lipinski definition) is 4. The summed E-state index contributed by atoms with van der Waals surface area (Å²) in [5.74, 6) is -0.315. The summed E-state index contributed by atoms with van der Waals surface area (Å²) in [6.45, 7) is 5.58. The van der Waals surface area contributed by atoms with E-state index in [-0.39, 0.29) is 5.82 Å². The summed E-state index contributed by atoms with van der Waals surface area (Å²) in [5, 5.41) is 0. The van der Waals surface area contributed by atoms with Crippen LogP contribution in [-0.2, 0) is 0 Å². The molecule has 0 aliphatic rings. The standard InChI is InChI=1S/C15H13FN4/c1-8-4-5-11(12(16)6-8)13-14-15(18-7-17-13)20-10(3)9(2)19-14/h4-7H,1-3H3. The number of aromatic nitrogens is 4. The van der Waals surface area contributed by atoms with Gasteiger partial charge in [-0.1, -0.05) is 6.07 Å². The predicted molar refractivity (Wildman–Crippen MR) is 74.7 cm³/mol. The summed E-state index contributed by atoms with van der Waals surface area (Å²) in [4.78, 5) is 17.1. The van der Waals surface area contributed by atoms with Gasteiger partial charge in [-0.05, 0) is 38.5 Å². The maximum Gasteiger partial charge on any atom is 0.182 e. The Hall–Kier alpha value is -2.43. The van der Waals surface area contributed by atoms with Crippen LogP contribution >= 0.6 is 0 Å². The molecule has 3 rings (SSSR count). The molecular weight excluding hydrogens is 255 g/mol. The van der Waals surface area contributed by atoms with E-state index in [2.05, 4.69) is 19.9 Å². The van der Waals surface area contributed by atoms with E-state index >= 15 is 0 Å². The van der Waals surface area contributed by atoms with Crippen molar-refractivity contribution in [1.82, 2.24) is 19.9 Å². The molecule has 5 heteroatoms. The van der Waals surface area contributed by atoms with Crippen LogP contribution in [0.25, 0.3) is 22.4 Å². The lowest BCUT2D eigenvalue weighted by molar-refractivity contribution is 0.629. The van der Waals surface area contributed by atoms with E-state index in [0.29, 0.717) is 22.4 Å². The molecule has 4 nitrogen and oxygen atoms in total. The molecule has 0 saturated heterocycles. The maximum absolute atomic E-state index is 14.1. The Labute approximate surface area is 115 Å². The molecule has 0 N–H and O–H groups in total. The Morgan fingerprint density at radius 3 is 2.45 bits per heavy atom. The molecule has 0 aliphatic carbocycles. The van der Waals surface area contributed by atoms with Gasteiger partial charge in [-0.3, -0.25) is 0 Å². The summed E-state index contributed by atoms with van der Waals surface area (Å²) in [5.41, 5.74) is 4.37. The zero-order valence-corrected chi connectivity index (χ0v) is 11.5. The van der Waals surface area contributed by atoms with Gasteiger partial charge in [-0.15, -0.1) is 0 Å². The SMILES string of the molecule is Cc1ccc(-c2ncnc3nc(C)c(C)nc23)c(F)c1. The highest BCUT2D eigenvalue weighted by molar-refractivity contribution is 5.86. The Morgan fingerprint density at radius 1 is 0.950 bits per heavy atom. The number of hydrogen-bond donors (Lipinski definition) is 0. The van der Waals surface area contributed by atoms with Crippen molar-refractivity contribution in [2.75, 3.05) is 0 Å². The van der Waals surface area contributed by atoms with Crippen molar-refractivity contribution in [2.45, 2.75) is 20.8 Å². The quantitative estimate of drug-likeness (QED) is 0.680. The highest BCUT2D eigenvalue weighted by atomic mass is 19.1. The molecule has 20 heavy (non-hydrogen) atoms. The van der Waals surface area contributed by atoms with Crippen LogP contribution in [0.2, 0.25) is 0 Å².